The first-order valence-corrected chi connectivity index (χ1v) is 18.2. The summed E-state index contributed by atoms with van der Waals surface area (Å²) in [7, 11) is 0. The quantitative estimate of drug-likeness (QED) is 0.176. The molecule has 240 valence electrons. The molecule has 9 rings (SSSR count). The van der Waals surface area contributed by atoms with Gasteiger partial charge in [0, 0.05) is 44.8 Å². The van der Waals surface area contributed by atoms with Crippen LogP contribution in [0.2, 0.25) is 0 Å². The molecule has 0 N–H and O–H groups in total. The fourth-order valence-electron chi connectivity index (χ4n) is 6.58. The number of nitrogens with zero attached hydrogens (tertiary/aromatic N) is 4. The van der Waals surface area contributed by atoms with E-state index >= 15 is 0 Å². The topological polar surface area (TPSA) is 19.7 Å². The molecule has 3 aromatic heterocycles. The molecule has 0 unspecified atom stereocenters. The van der Waals surface area contributed by atoms with Crippen molar-refractivity contribution in [1.29, 1.82) is 0 Å². The Morgan fingerprint density at radius 2 is 0.480 bits per heavy atom. The van der Waals surface area contributed by atoms with E-state index < -0.39 is 0 Å². The summed E-state index contributed by atoms with van der Waals surface area (Å²) in [6.45, 7) is 0. The van der Waals surface area contributed by atoms with Crippen molar-refractivity contribution >= 4 is 64.1 Å². The SMILES string of the molecule is c1ccc(-n2c3cccc(c3)n(-c3ccccc3)c3ccc(s3)n(-c3ccccc3)c3cccc(c3)n(-c3ccccc3)c3ccc2s3)cc1. The van der Waals surface area contributed by atoms with Crippen molar-refractivity contribution in [1.82, 2.24) is 18.3 Å². The van der Waals surface area contributed by atoms with Gasteiger partial charge in [0.25, 0.3) is 0 Å². The average Bonchev–Trinajstić information content (AvgIpc) is 3.85. The molecule has 0 saturated carbocycles. The average molecular weight is 681 g/mol. The zero-order chi connectivity index (χ0) is 33.3. The number of para-hydroxylation sites is 4. The molecule has 0 atom stereocenters. The van der Waals surface area contributed by atoms with Gasteiger partial charge in [0.15, 0.2) is 0 Å². The molecule has 0 aliphatic carbocycles. The van der Waals surface area contributed by atoms with Crippen LogP contribution in [0.3, 0.4) is 0 Å². The number of rotatable bonds is 4. The summed E-state index contributed by atoms with van der Waals surface area (Å²) in [6.07, 6.45) is 0. The van der Waals surface area contributed by atoms with Gasteiger partial charge >= 0.3 is 0 Å². The third-order valence-corrected chi connectivity index (χ3v) is 10.9. The Balaban J connectivity index is 1.53. The second-order valence-corrected chi connectivity index (χ2v) is 14.0. The van der Waals surface area contributed by atoms with Crippen molar-refractivity contribution in [2.75, 3.05) is 0 Å². The summed E-state index contributed by atoms with van der Waals surface area (Å²) in [5.74, 6) is 0. The molecule has 50 heavy (non-hydrogen) atoms. The molecule has 0 aliphatic heterocycles. The largest absolute Gasteiger partial charge is 0.302 e. The molecule has 8 bridgehead atoms. The molecular formula is C44H32N4S2. The highest BCUT2D eigenvalue weighted by molar-refractivity contribution is 7.23. The zero-order valence-corrected chi connectivity index (χ0v) is 28.7. The maximum absolute atomic E-state index is 2.36. The molecule has 0 amide bonds. The van der Waals surface area contributed by atoms with Crippen LogP contribution in [0.25, 0.3) is 64.1 Å². The van der Waals surface area contributed by atoms with Crippen LogP contribution in [-0.4, -0.2) is 18.3 Å². The van der Waals surface area contributed by atoms with Crippen LogP contribution in [0.4, 0.5) is 0 Å². The van der Waals surface area contributed by atoms with E-state index in [2.05, 4.69) is 212 Å². The Bertz CT molecular complexity index is 2370. The lowest BCUT2D eigenvalue weighted by Gasteiger charge is -2.13. The molecule has 6 aromatic carbocycles. The van der Waals surface area contributed by atoms with Crippen molar-refractivity contribution in [3.63, 3.8) is 0 Å². The van der Waals surface area contributed by atoms with Gasteiger partial charge in [-0.2, -0.15) is 0 Å². The summed E-state index contributed by atoms with van der Waals surface area (Å²) in [5, 5.41) is 0. The van der Waals surface area contributed by atoms with Crippen molar-refractivity contribution in [3.05, 3.63) is 194 Å². The Morgan fingerprint density at radius 1 is 0.240 bits per heavy atom. The fourth-order valence-corrected chi connectivity index (χ4v) is 8.76. The second kappa shape index (κ2) is 13.1. The third kappa shape index (κ3) is 5.60. The maximum Gasteiger partial charge on any atom is 0.102 e. The Morgan fingerprint density at radius 3 is 0.720 bits per heavy atom. The molecule has 0 spiro atoms. The van der Waals surface area contributed by atoms with E-state index in [0.29, 0.717) is 0 Å². The van der Waals surface area contributed by atoms with Gasteiger partial charge in [-0.1, -0.05) is 108 Å². The van der Waals surface area contributed by atoms with Crippen molar-refractivity contribution in [3.8, 4) is 22.7 Å². The first kappa shape index (κ1) is 30.0. The smallest absolute Gasteiger partial charge is 0.102 e. The molecule has 0 radical (unpaired) electrons. The van der Waals surface area contributed by atoms with Gasteiger partial charge in [-0.3, -0.25) is 0 Å². The minimum absolute atomic E-state index is 1.09. The lowest BCUT2D eigenvalue weighted by Crippen LogP contribution is -1.98. The minimum Gasteiger partial charge on any atom is -0.302 e. The van der Waals surface area contributed by atoms with Crippen LogP contribution in [0.15, 0.2) is 194 Å². The first-order valence-electron chi connectivity index (χ1n) is 16.6. The highest BCUT2D eigenvalue weighted by atomic mass is 32.1. The predicted octanol–water partition coefficient (Wildman–Crippen LogP) is 12.4. The Kier molecular flexibility index (Phi) is 7.85. The monoisotopic (exact) mass is 680 g/mol. The molecule has 0 fully saturated rings. The van der Waals surface area contributed by atoms with E-state index in [4.69, 9.17) is 0 Å². The normalized spacial score (nSPS) is 11.2. The maximum atomic E-state index is 2.36. The number of fused-ring (bicyclic) bond motifs is 8. The van der Waals surface area contributed by atoms with E-state index in [9.17, 15) is 0 Å². The standard InChI is InChI=1S/C44H32N4S2/c1-5-15-33(16-6-1)45-37-23-13-24-38(31-37)46(34-17-7-2-8-18-34)43-29-30-44(50-43)48(36-21-11-4-12-22-36)40-26-14-25-39(32-40)47(35-19-9-3-10-20-35)42-28-27-41(45)49-42/h1-32H. The van der Waals surface area contributed by atoms with E-state index in [1.165, 1.54) is 0 Å². The van der Waals surface area contributed by atoms with Crippen molar-refractivity contribution in [2.24, 2.45) is 0 Å². The van der Waals surface area contributed by atoms with Crippen LogP contribution in [0.5, 0.6) is 0 Å². The first-order chi connectivity index (χ1) is 24.8. The van der Waals surface area contributed by atoms with Crippen LogP contribution in [0.1, 0.15) is 0 Å². The lowest BCUT2D eigenvalue weighted by atomic mass is 10.2. The molecule has 0 saturated heterocycles. The highest BCUT2D eigenvalue weighted by Crippen LogP contribution is 2.31. The van der Waals surface area contributed by atoms with Crippen molar-refractivity contribution in [2.45, 2.75) is 0 Å². The van der Waals surface area contributed by atoms with Gasteiger partial charge in [0.2, 0.25) is 0 Å². The van der Waals surface area contributed by atoms with Gasteiger partial charge in [-0.15, -0.1) is 0 Å². The van der Waals surface area contributed by atoms with Gasteiger partial charge in [-0.25, -0.2) is 0 Å². The molecule has 9 aromatic rings. The molecular weight excluding hydrogens is 649 g/mol. The summed E-state index contributed by atoms with van der Waals surface area (Å²) >= 11 is 3.56. The van der Waals surface area contributed by atoms with Crippen molar-refractivity contribution < 1.29 is 0 Å². The summed E-state index contributed by atoms with van der Waals surface area (Å²) in [6, 6.07) is 69.4. The van der Waals surface area contributed by atoms with Crippen LogP contribution >= 0.6 is 22.7 Å². The van der Waals surface area contributed by atoms with E-state index in [-0.39, 0.29) is 0 Å². The Labute approximate surface area is 297 Å². The van der Waals surface area contributed by atoms with Crippen LogP contribution in [0, 0.1) is 0 Å². The van der Waals surface area contributed by atoms with Gasteiger partial charge in [-0.05, 0) is 109 Å². The second-order valence-electron chi connectivity index (χ2n) is 11.9. The number of hydrogen-bond acceptors (Lipinski definition) is 2. The summed E-state index contributed by atoms with van der Waals surface area (Å²) in [4.78, 5) is 4.51. The highest BCUT2D eigenvalue weighted by Gasteiger charge is 2.10. The number of aromatic nitrogens is 4. The number of hydrogen-bond donors (Lipinski definition) is 0. The zero-order valence-electron chi connectivity index (χ0n) is 27.1. The molecule has 0 aliphatic rings. The number of thiophene rings is 2. The van der Waals surface area contributed by atoms with Gasteiger partial charge < -0.3 is 18.3 Å². The molecule has 6 heteroatoms. The van der Waals surface area contributed by atoms with E-state index in [0.717, 1.165) is 64.1 Å². The number of benzene rings is 6. The minimum atomic E-state index is 1.09. The van der Waals surface area contributed by atoms with Gasteiger partial charge in [0.1, 0.15) is 19.3 Å². The van der Waals surface area contributed by atoms with Gasteiger partial charge in [0.05, 0.1) is 0 Å². The molecule has 3 heterocycles. The predicted molar refractivity (Wildman–Crippen MR) is 214 cm³/mol. The Hall–Kier alpha value is -6.08. The summed E-state index contributed by atoms with van der Waals surface area (Å²) in [5.41, 5.74) is 8.78. The summed E-state index contributed by atoms with van der Waals surface area (Å²) < 4.78 is 9.46. The third-order valence-electron chi connectivity index (χ3n) is 8.79. The van der Waals surface area contributed by atoms with Crippen LogP contribution in [-0.2, 0) is 0 Å². The van der Waals surface area contributed by atoms with Crippen LogP contribution < -0.4 is 0 Å². The molecule has 4 nitrogen and oxygen atoms in total. The lowest BCUT2D eigenvalue weighted by molar-refractivity contribution is 1.15. The fraction of sp³-hybridized carbons (Fsp3) is 0. The van der Waals surface area contributed by atoms with E-state index in [1.54, 1.807) is 22.7 Å². The van der Waals surface area contributed by atoms with E-state index in [1.807, 2.05) is 0 Å².